The van der Waals surface area contributed by atoms with Crippen LogP contribution in [0.3, 0.4) is 0 Å². The maximum absolute atomic E-state index is 6.27. The van der Waals surface area contributed by atoms with E-state index in [1.165, 1.54) is 33.7 Å². The number of rotatable bonds is 5. The molecule has 1 saturated carbocycles. The molecule has 0 saturated heterocycles. The molecule has 1 aromatic heterocycles. The monoisotopic (exact) mass is 273 g/mol. The lowest BCUT2D eigenvalue weighted by atomic mass is 10.1. The van der Waals surface area contributed by atoms with Gasteiger partial charge in [-0.25, -0.2) is 0 Å². The van der Waals surface area contributed by atoms with E-state index in [0.29, 0.717) is 12.5 Å². The van der Waals surface area contributed by atoms with Gasteiger partial charge in [0.15, 0.2) is 0 Å². The molecule has 100 valence electrons. The maximum Gasteiger partial charge on any atom is 0.0719 e. The smallest absolute Gasteiger partial charge is 0.0719 e. The van der Waals surface area contributed by atoms with Gasteiger partial charge in [0, 0.05) is 22.9 Å². The molecule has 1 atom stereocenters. The topological polar surface area (TPSA) is 35.2 Å². The van der Waals surface area contributed by atoms with Crippen LogP contribution in [0.25, 0.3) is 10.4 Å². The van der Waals surface area contributed by atoms with E-state index in [9.17, 15) is 0 Å². The molecule has 19 heavy (non-hydrogen) atoms. The summed E-state index contributed by atoms with van der Waals surface area (Å²) in [6.07, 6.45) is 2.57. The Labute approximate surface area is 118 Å². The minimum atomic E-state index is 0.230. The first-order chi connectivity index (χ1) is 9.29. The summed E-state index contributed by atoms with van der Waals surface area (Å²) in [7, 11) is 1.74. The van der Waals surface area contributed by atoms with Crippen molar-refractivity contribution in [2.24, 2.45) is 11.7 Å². The van der Waals surface area contributed by atoms with Crippen LogP contribution >= 0.6 is 11.3 Å². The van der Waals surface area contributed by atoms with Crippen molar-refractivity contribution in [2.45, 2.75) is 25.5 Å². The van der Waals surface area contributed by atoms with Crippen LogP contribution < -0.4 is 5.73 Å². The third-order valence-corrected chi connectivity index (χ3v) is 4.89. The number of hydrogen-bond acceptors (Lipinski definition) is 3. The van der Waals surface area contributed by atoms with Crippen LogP contribution in [0.5, 0.6) is 0 Å². The molecule has 0 radical (unpaired) electrons. The molecule has 1 heterocycles. The Morgan fingerprint density at radius 3 is 2.79 bits per heavy atom. The second kappa shape index (κ2) is 5.45. The Kier molecular flexibility index (Phi) is 3.69. The Balaban J connectivity index is 1.89. The average Bonchev–Trinajstić information content (AvgIpc) is 3.17. The Morgan fingerprint density at radius 2 is 2.05 bits per heavy atom. The highest BCUT2D eigenvalue weighted by atomic mass is 32.1. The van der Waals surface area contributed by atoms with Gasteiger partial charge in [-0.2, -0.15) is 0 Å². The largest absolute Gasteiger partial charge is 0.380 e. The minimum absolute atomic E-state index is 0.230. The molecule has 2 aromatic rings. The maximum atomic E-state index is 6.27. The van der Waals surface area contributed by atoms with Gasteiger partial charge in [-0.15, -0.1) is 11.3 Å². The normalized spacial score (nSPS) is 16.5. The molecular formula is C16H19NOS. The third kappa shape index (κ3) is 2.73. The molecule has 1 unspecified atom stereocenters. The van der Waals surface area contributed by atoms with Crippen LogP contribution in [-0.2, 0) is 11.3 Å². The lowest BCUT2D eigenvalue weighted by Crippen LogP contribution is -2.10. The molecule has 1 aromatic carbocycles. The lowest BCUT2D eigenvalue weighted by molar-refractivity contribution is 0.185. The number of hydrogen-bond donors (Lipinski definition) is 1. The Hall–Kier alpha value is -1.16. The highest BCUT2D eigenvalue weighted by molar-refractivity contribution is 7.15. The third-order valence-electron chi connectivity index (χ3n) is 3.67. The zero-order valence-corrected chi connectivity index (χ0v) is 12.0. The minimum Gasteiger partial charge on any atom is -0.380 e. The van der Waals surface area contributed by atoms with E-state index in [4.69, 9.17) is 10.5 Å². The summed E-state index contributed by atoms with van der Waals surface area (Å²) in [4.78, 5) is 2.60. The van der Waals surface area contributed by atoms with Gasteiger partial charge in [0.25, 0.3) is 0 Å². The molecular weight excluding hydrogens is 254 g/mol. The van der Waals surface area contributed by atoms with E-state index in [2.05, 4.69) is 36.4 Å². The first kappa shape index (κ1) is 12.9. The summed E-state index contributed by atoms with van der Waals surface area (Å²) in [5, 5.41) is 0. The zero-order valence-electron chi connectivity index (χ0n) is 11.1. The average molecular weight is 273 g/mol. The predicted molar refractivity (Wildman–Crippen MR) is 80.1 cm³/mol. The van der Waals surface area contributed by atoms with Crippen molar-refractivity contribution in [1.82, 2.24) is 0 Å². The fraction of sp³-hybridized carbons (Fsp3) is 0.375. The van der Waals surface area contributed by atoms with E-state index in [1.807, 2.05) is 11.3 Å². The van der Waals surface area contributed by atoms with Crippen LogP contribution in [0.1, 0.15) is 29.3 Å². The molecule has 2 N–H and O–H groups in total. The van der Waals surface area contributed by atoms with Crippen molar-refractivity contribution in [3.8, 4) is 10.4 Å². The molecule has 0 spiro atoms. The molecule has 2 nitrogen and oxygen atoms in total. The molecule has 3 rings (SSSR count). The zero-order chi connectivity index (χ0) is 13.2. The van der Waals surface area contributed by atoms with Gasteiger partial charge >= 0.3 is 0 Å². The van der Waals surface area contributed by atoms with E-state index >= 15 is 0 Å². The summed E-state index contributed by atoms with van der Waals surface area (Å²) in [5.74, 6) is 0.709. The highest BCUT2D eigenvalue weighted by Crippen LogP contribution is 2.43. The number of nitrogens with two attached hydrogens (primary N) is 1. The van der Waals surface area contributed by atoms with Gasteiger partial charge in [-0.1, -0.05) is 24.3 Å². The molecule has 0 bridgehead atoms. The van der Waals surface area contributed by atoms with Crippen molar-refractivity contribution in [3.05, 3.63) is 46.8 Å². The SMILES string of the molecule is COCc1ccccc1-c1ccc(C(N)C2CC2)s1. The van der Waals surface area contributed by atoms with Crippen LogP contribution in [-0.4, -0.2) is 7.11 Å². The first-order valence-electron chi connectivity index (χ1n) is 6.72. The van der Waals surface area contributed by atoms with Gasteiger partial charge in [-0.05, 0) is 42.0 Å². The standard InChI is InChI=1S/C16H19NOS/c1-18-10-12-4-2-3-5-13(12)14-8-9-15(19-14)16(17)11-6-7-11/h2-5,8-9,11,16H,6-7,10,17H2,1H3. The number of thiophene rings is 1. The quantitative estimate of drug-likeness (QED) is 0.894. The molecule has 0 aliphatic heterocycles. The summed E-state index contributed by atoms with van der Waals surface area (Å²) in [6.45, 7) is 0.651. The number of ether oxygens (including phenoxy) is 1. The highest BCUT2D eigenvalue weighted by Gasteiger charge is 2.30. The van der Waals surface area contributed by atoms with Crippen molar-refractivity contribution in [1.29, 1.82) is 0 Å². The summed E-state index contributed by atoms with van der Waals surface area (Å²) < 4.78 is 5.27. The van der Waals surface area contributed by atoms with Gasteiger partial charge < -0.3 is 10.5 Å². The van der Waals surface area contributed by atoms with Gasteiger partial charge in [0.2, 0.25) is 0 Å². The van der Waals surface area contributed by atoms with Crippen molar-refractivity contribution in [3.63, 3.8) is 0 Å². The molecule has 1 fully saturated rings. The molecule has 3 heteroatoms. The summed E-state index contributed by atoms with van der Waals surface area (Å²) in [5.41, 5.74) is 8.78. The van der Waals surface area contributed by atoms with E-state index < -0.39 is 0 Å². The summed E-state index contributed by atoms with van der Waals surface area (Å²) in [6, 6.07) is 13.0. The fourth-order valence-electron chi connectivity index (χ4n) is 2.41. The van der Waals surface area contributed by atoms with E-state index in [1.54, 1.807) is 7.11 Å². The Morgan fingerprint density at radius 1 is 1.26 bits per heavy atom. The van der Waals surface area contributed by atoms with Crippen LogP contribution in [0.4, 0.5) is 0 Å². The lowest BCUT2D eigenvalue weighted by Gasteiger charge is -2.08. The Bertz CT molecular complexity index is 559. The van der Waals surface area contributed by atoms with Crippen LogP contribution in [0.15, 0.2) is 36.4 Å². The number of methoxy groups -OCH3 is 1. The van der Waals surface area contributed by atoms with Crippen LogP contribution in [0, 0.1) is 5.92 Å². The molecule has 1 aliphatic carbocycles. The van der Waals surface area contributed by atoms with Crippen molar-refractivity contribution >= 4 is 11.3 Å². The van der Waals surface area contributed by atoms with E-state index in [-0.39, 0.29) is 6.04 Å². The van der Waals surface area contributed by atoms with Crippen molar-refractivity contribution < 1.29 is 4.74 Å². The van der Waals surface area contributed by atoms with Gasteiger partial charge in [-0.3, -0.25) is 0 Å². The van der Waals surface area contributed by atoms with Crippen molar-refractivity contribution in [2.75, 3.05) is 7.11 Å². The van der Waals surface area contributed by atoms with E-state index in [0.717, 1.165) is 0 Å². The molecule has 0 amide bonds. The second-order valence-corrected chi connectivity index (χ2v) is 6.27. The van der Waals surface area contributed by atoms with Gasteiger partial charge in [0.05, 0.1) is 6.61 Å². The fourth-order valence-corrected chi connectivity index (χ4v) is 3.57. The predicted octanol–water partition coefficient (Wildman–Crippen LogP) is 3.97. The first-order valence-corrected chi connectivity index (χ1v) is 7.54. The second-order valence-electron chi connectivity index (χ2n) is 5.16. The van der Waals surface area contributed by atoms with Crippen LogP contribution in [0.2, 0.25) is 0 Å². The van der Waals surface area contributed by atoms with Gasteiger partial charge in [0.1, 0.15) is 0 Å². The molecule has 1 aliphatic rings. The number of benzene rings is 1. The summed E-state index contributed by atoms with van der Waals surface area (Å²) >= 11 is 1.82.